The van der Waals surface area contributed by atoms with E-state index >= 15 is 0 Å². The van der Waals surface area contributed by atoms with Gasteiger partial charge in [0.15, 0.2) is 0 Å². The monoisotopic (exact) mass is 189 g/mol. The number of nitrogens with one attached hydrogen (secondary N) is 1. The van der Waals surface area contributed by atoms with E-state index in [4.69, 9.17) is 0 Å². The van der Waals surface area contributed by atoms with E-state index in [1.807, 2.05) is 0 Å². The van der Waals surface area contributed by atoms with E-state index < -0.39 is 0 Å². The molecular weight excluding hydrogens is 170 g/mol. The Morgan fingerprint density at radius 1 is 1.21 bits per heavy atom. The van der Waals surface area contributed by atoms with Crippen molar-refractivity contribution in [3.63, 3.8) is 0 Å². The second kappa shape index (κ2) is 4.14. The van der Waals surface area contributed by atoms with Crippen LogP contribution in [0, 0.1) is 12.8 Å². The topological polar surface area (TPSA) is 12.0 Å². The molecule has 1 aromatic rings. The number of hydrogen-bond donors (Lipinski definition) is 1. The van der Waals surface area contributed by atoms with Gasteiger partial charge in [-0.1, -0.05) is 43.2 Å². The van der Waals surface area contributed by atoms with Crippen molar-refractivity contribution in [3.8, 4) is 0 Å². The molecule has 14 heavy (non-hydrogen) atoms. The fourth-order valence-corrected chi connectivity index (χ4v) is 2.37. The van der Waals surface area contributed by atoms with Crippen molar-refractivity contribution in [1.82, 2.24) is 5.32 Å². The van der Waals surface area contributed by atoms with Crippen molar-refractivity contribution in [3.05, 3.63) is 35.4 Å². The molecule has 0 bridgehead atoms. The molecule has 0 aliphatic carbocycles. The molecular formula is C13H19N. The summed E-state index contributed by atoms with van der Waals surface area (Å²) in [5.74, 6) is 1.57. The number of rotatable bonds is 2. The van der Waals surface area contributed by atoms with Gasteiger partial charge < -0.3 is 5.32 Å². The minimum atomic E-state index is 0.737. The highest BCUT2D eigenvalue weighted by molar-refractivity contribution is 5.26. The second-order valence-corrected chi connectivity index (χ2v) is 4.34. The average Bonchev–Trinajstić information content (AvgIpc) is 2.67. The minimum absolute atomic E-state index is 0.737. The van der Waals surface area contributed by atoms with Crippen LogP contribution < -0.4 is 5.32 Å². The summed E-state index contributed by atoms with van der Waals surface area (Å²) in [6.45, 7) is 6.78. The summed E-state index contributed by atoms with van der Waals surface area (Å²) < 4.78 is 0. The summed E-state index contributed by atoms with van der Waals surface area (Å²) in [6, 6.07) is 9.02. The van der Waals surface area contributed by atoms with Gasteiger partial charge in [-0.05, 0) is 24.9 Å². The lowest BCUT2D eigenvalue weighted by Gasteiger charge is -2.17. The van der Waals surface area contributed by atoms with Gasteiger partial charge in [0.2, 0.25) is 0 Å². The van der Waals surface area contributed by atoms with Crippen LogP contribution in [0.25, 0.3) is 0 Å². The van der Waals surface area contributed by atoms with Gasteiger partial charge >= 0.3 is 0 Å². The van der Waals surface area contributed by atoms with Crippen LogP contribution in [0.3, 0.4) is 0 Å². The molecule has 1 fully saturated rings. The lowest BCUT2D eigenvalue weighted by Crippen LogP contribution is -2.09. The fraction of sp³-hybridized carbons (Fsp3) is 0.538. The van der Waals surface area contributed by atoms with Gasteiger partial charge in [-0.3, -0.25) is 0 Å². The van der Waals surface area contributed by atoms with Gasteiger partial charge in [0.1, 0.15) is 0 Å². The van der Waals surface area contributed by atoms with Crippen LogP contribution >= 0.6 is 0 Å². The maximum Gasteiger partial charge on any atom is 0.00234 e. The lowest BCUT2D eigenvalue weighted by molar-refractivity contribution is 0.503. The van der Waals surface area contributed by atoms with Crippen molar-refractivity contribution in [1.29, 1.82) is 0 Å². The molecule has 0 aromatic heterocycles. The Morgan fingerprint density at radius 2 is 1.93 bits per heavy atom. The SMILES string of the molecule is CCC1CNCC1c1ccc(C)cc1. The Balaban J connectivity index is 2.17. The molecule has 2 atom stereocenters. The maximum absolute atomic E-state index is 3.49. The standard InChI is InChI=1S/C13H19N/c1-3-11-8-14-9-13(11)12-6-4-10(2)5-7-12/h4-7,11,13-14H,3,8-9H2,1-2H3. The van der Waals surface area contributed by atoms with E-state index in [0.717, 1.165) is 18.4 Å². The summed E-state index contributed by atoms with van der Waals surface area (Å²) in [5, 5.41) is 3.49. The van der Waals surface area contributed by atoms with E-state index in [0.29, 0.717) is 0 Å². The number of hydrogen-bond acceptors (Lipinski definition) is 1. The zero-order valence-electron chi connectivity index (χ0n) is 9.09. The molecule has 1 saturated heterocycles. The van der Waals surface area contributed by atoms with Crippen LogP contribution in [0.2, 0.25) is 0 Å². The van der Waals surface area contributed by atoms with Crippen LogP contribution in [0.4, 0.5) is 0 Å². The van der Waals surface area contributed by atoms with Crippen LogP contribution in [-0.4, -0.2) is 13.1 Å². The molecule has 1 nitrogen and oxygen atoms in total. The predicted molar refractivity (Wildman–Crippen MR) is 60.6 cm³/mol. The Bertz CT molecular complexity index is 289. The molecule has 1 aromatic carbocycles. The maximum atomic E-state index is 3.49. The molecule has 2 rings (SSSR count). The third-order valence-electron chi connectivity index (χ3n) is 3.37. The average molecular weight is 189 g/mol. The van der Waals surface area contributed by atoms with Crippen molar-refractivity contribution < 1.29 is 0 Å². The Labute approximate surface area is 86.5 Å². The number of benzene rings is 1. The largest absolute Gasteiger partial charge is 0.316 e. The van der Waals surface area contributed by atoms with E-state index in [1.54, 1.807) is 0 Å². The molecule has 2 unspecified atom stereocenters. The third kappa shape index (κ3) is 1.83. The van der Waals surface area contributed by atoms with Crippen LogP contribution in [0.5, 0.6) is 0 Å². The summed E-state index contributed by atoms with van der Waals surface area (Å²) in [4.78, 5) is 0. The predicted octanol–water partition coefficient (Wildman–Crippen LogP) is 2.71. The van der Waals surface area contributed by atoms with E-state index in [1.165, 1.54) is 24.1 Å². The zero-order chi connectivity index (χ0) is 9.97. The van der Waals surface area contributed by atoms with Gasteiger partial charge in [-0.15, -0.1) is 0 Å². The molecule has 0 radical (unpaired) electrons. The van der Waals surface area contributed by atoms with Gasteiger partial charge in [-0.25, -0.2) is 0 Å². The lowest BCUT2D eigenvalue weighted by atomic mass is 9.87. The zero-order valence-corrected chi connectivity index (χ0v) is 9.09. The smallest absolute Gasteiger partial charge is 0.00234 e. The molecule has 76 valence electrons. The summed E-state index contributed by atoms with van der Waals surface area (Å²) in [7, 11) is 0. The summed E-state index contributed by atoms with van der Waals surface area (Å²) in [6.07, 6.45) is 1.28. The van der Waals surface area contributed by atoms with Crippen LogP contribution in [0.15, 0.2) is 24.3 Å². The first-order valence-electron chi connectivity index (χ1n) is 5.58. The van der Waals surface area contributed by atoms with Crippen LogP contribution in [0.1, 0.15) is 30.4 Å². The molecule has 0 amide bonds. The number of aryl methyl sites for hydroxylation is 1. The van der Waals surface area contributed by atoms with E-state index in [9.17, 15) is 0 Å². The fourth-order valence-electron chi connectivity index (χ4n) is 2.37. The summed E-state index contributed by atoms with van der Waals surface area (Å²) in [5.41, 5.74) is 2.86. The third-order valence-corrected chi connectivity index (χ3v) is 3.37. The van der Waals surface area contributed by atoms with Crippen molar-refractivity contribution >= 4 is 0 Å². The van der Waals surface area contributed by atoms with Crippen LogP contribution in [-0.2, 0) is 0 Å². The van der Waals surface area contributed by atoms with Gasteiger partial charge in [0.25, 0.3) is 0 Å². The molecule has 1 heterocycles. The Hall–Kier alpha value is -0.820. The van der Waals surface area contributed by atoms with Crippen molar-refractivity contribution in [2.24, 2.45) is 5.92 Å². The Kier molecular flexibility index (Phi) is 2.87. The highest BCUT2D eigenvalue weighted by Crippen LogP contribution is 2.30. The van der Waals surface area contributed by atoms with Crippen molar-refractivity contribution in [2.45, 2.75) is 26.2 Å². The molecule has 0 saturated carbocycles. The Morgan fingerprint density at radius 3 is 2.57 bits per heavy atom. The molecule has 1 heteroatoms. The van der Waals surface area contributed by atoms with E-state index in [-0.39, 0.29) is 0 Å². The minimum Gasteiger partial charge on any atom is -0.316 e. The molecule has 1 aliphatic rings. The first kappa shape index (κ1) is 9.72. The van der Waals surface area contributed by atoms with E-state index in [2.05, 4.69) is 43.4 Å². The van der Waals surface area contributed by atoms with Crippen molar-refractivity contribution in [2.75, 3.05) is 13.1 Å². The summed E-state index contributed by atoms with van der Waals surface area (Å²) >= 11 is 0. The highest BCUT2D eigenvalue weighted by Gasteiger charge is 2.26. The quantitative estimate of drug-likeness (QED) is 0.754. The first-order valence-corrected chi connectivity index (χ1v) is 5.58. The highest BCUT2D eigenvalue weighted by atomic mass is 14.9. The van der Waals surface area contributed by atoms with Gasteiger partial charge in [0.05, 0.1) is 0 Å². The van der Waals surface area contributed by atoms with Gasteiger partial charge in [-0.2, -0.15) is 0 Å². The first-order chi connectivity index (χ1) is 6.81. The molecule has 0 spiro atoms. The molecule has 1 N–H and O–H groups in total. The van der Waals surface area contributed by atoms with Gasteiger partial charge in [0, 0.05) is 12.5 Å². The normalized spacial score (nSPS) is 26.7. The second-order valence-electron chi connectivity index (χ2n) is 4.34. The molecule has 1 aliphatic heterocycles.